The second-order valence-electron chi connectivity index (χ2n) is 6.38. The minimum atomic E-state index is 1.02. The van der Waals surface area contributed by atoms with E-state index in [1.54, 1.807) is 22.7 Å². The van der Waals surface area contributed by atoms with E-state index < -0.39 is 0 Å². The van der Waals surface area contributed by atoms with Crippen molar-refractivity contribution in [2.45, 2.75) is 25.7 Å². The maximum atomic E-state index is 4.81. The van der Waals surface area contributed by atoms with E-state index >= 15 is 0 Å². The average molecular weight is 358 g/mol. The molecule has 3 aromatic heterocycles. The molecule has 0 atom stereocenters. The zero-order valence-corrected chi connectivity index (χ0v) is 15.5. The van der Waals surface area contributed by atoms with Gasteiger partial charge in [0, 0.05) is 17.5 Å². The molecule has 126 valence electrons. The molecule has 3 nitrogen and oxygen atoms in total. The molecule has 0 aromatic carbocycles. The van der Waals surface area contributed by atoms with Crippen LogP contribution in [0.25, 0.3) is 21.5 Å². The van der Waals surface area contributed by atoms with Gasteiger partial charge < -0.3 is 10.2 Å². The summed E-state index contributed by atoms with van der Waals surface area (Å²) in [5, 5.41) is 10.1. The van der Waals surface area contributed by atoms with Crippen LogP contribution >= 0.6 is 22.7 Å². The van der Waals surface area contributed by atoms with Gasteiger partial charge in [0.05, 0.1) is 21.6 Å². The molecule has 1 N–H and O–H groups in total. The third-order valence-corrected chi connectivity index (χ3v) is 6.26. The highest BCUT2D eigenvalue weighted by Gasteiger charge is 2.11. The van der Waals surface area contributed by atoms with E-state index in [2.05, 4.69) is 44.6 Å². The van der Waals surface area contributed by atoms with Crippen LogP contribution < -0.4 is 5.32 Å². The Balaban J connectivity index is 1.43. The van der Waals surface area contributed by atoms with Crippen molar-refractivity contribution in [3.8, 4) is 11.3 Å². The largest absolute Gasteiger partial charge is 0.384 e. The minimum Gasteiger partial charge on any atom is -0.384 e. The number of nitrogens with one attached hydrogen (secondary N) is 1. The van der Waals surface area contributed by atoms with Crippen molar-refractivity contribution in [3.05, 3.63) is 34.3 Å². The monoisotopic (exact) mass is 357 g/mol. The third-order valence-electron chi connectivity index (χ3n) is 4.64. The highest BCUT2D eigenvalue weighted by molar-refractivity contribution is 7.17. The van der Waals surface area contributed by atoms with E-state index in [0.29, 0.717) is 0 Å². The number of hydrogen-bond donors (Lipinski definition) is 1. The summed E-state index contributed by atoms with van der Waals surface area (Å²) < 4.78 is 1.27. The van der Waals surface area contributed by atoms with Crippen LogP contribution in [0.4, 0.5) is 5.69 Å². The molecule has 1 saturated heterocycles. The number of anilines is 1. The smallest absolute Gasteiger partial charge is 0.0838 e. The Labute approximate surface area is 151 Å². The van der Waals surface area contributed by atoms with E-state index in [1.165, 1.54) is 61.3 Å². The Kier molecular flexibility index (Phi) is 5.11. The summed E-state index contributed by atoms with van der Waals surface area (Å²) in [6.07, 6.45) is 5.35. The average Bonchev–Trinajstić information content (AvgIpc) is 3.30. The molecular weight excluding hydrogens is 334 g/mol. The van der Waals surface area contributed by atoms with Gasteiger partial charge in [0.2, 0.25) is 0 Å². The predicted octanol–water partition coefficient (Wildman–Crippen LogP) is 5.31. The second kappa shape index (κ2) is 7.64. The highest BCUT2D eigenvalue weighted by Crippen LogP contribution is 2.32. The number of fused-ring (bicyclic) bond motifs is 1. The quantitative estimate of drug-likeness (QED) is 0.606. The molecule has 0 spiro atoms. The lowest BCUT2D eigenvalue weighted by Crippen LogP contribution is -2.31. The summed E-state index contributed by atoms with van der Waals surface area (Å²) in [5.41, 5.74) is 4.61. The lowest BCUT2D eigenvalue weighted by Gasteiger charge is -2.26. The first-order valence-corrected chi connectivity index (χ1v) is 10.6. The fourth-order valence-electron chi connectivity index (χ4n) is 3.35. The van der Waals surface area contributed by atoms with Crippen LogP contribution in [0.2, 0.25) is 0 Å². The van der Waals surface area contributed by atoms with Gasteiger partial charge in [0.25, 0.3) is 0 Å². The lowest BCUT2D eigenvalue weighted by molar-refractivity contribution is 0.228. The minimum absolute atomic E-state index is 1.02. The van der Waals surface area contributed by atoms with Crippen LogP contribution in [-0.2, 0) is 0 Å². The van der Waals surface area contributed by atoms with Gasteiger partial charge in [-0.15, -0.1) is 11.3 Å². The summed E-state index contributed by atoms with van der Waals surface area (Å²) in [5.74, 6) is 0. The molecule has 0 unspecified atom stereocenters. The van der Waals surface area contributed by atoms with E-state index in [0.717, 1.165) is 17.8 Å². The number of likely N-dealkylation sites (tertiary alicyclic amines) is 1. The molecule has 1 fully saturated rings. The summed E-state index contributed by atoms with van der Waals surface area (Å²) in [6, 6.07) is 6.47. The zero-order valence-electron chi connectivity index (χ0n) is 13.8. The second-order valence-corrected chi connectivity index (χ2v) is 8.08. The Morgan fingerprint density at radius 3 is 2.88 bits per heavy atom. The Bertz CT molecular complexity index is 773. The van der Waals surface area contributed by atoms with Crippen LogP contribution in [-0.4, -0.2) is 36.1 Å². The topological polar surface area (TPSA) is 28.2 Å². The SMILES string of the molecule is c1cc(-c2cc(NCCCN3CCCCC3)c3sccc3n2)cs1. The number of thiophene rings is 2. The summed E-state index contributed by atoms with van der Waals surface area (Å²) in [7, 11) is 0. The van der Waals surface area contributed by atoms with Crippen molar-refractivity contribution in [1.82, 2.24) is 9.88 Å². The highest BCUT2D eigenvalue weighted by atomic mass is 32.1. The molecule has 1 aliphatic heterocycles. The molecule has 0 bridgehead atoms. The maximum absolute atomic E-state index is 4.81. The fraction of sp³-hybridized carbons (Fsp3) is 0.421. The van der Waals surface area contributed by atoms with Crippen LogP contribution in [0.5, 0.6) is 0 Å². The molecule has 4 heterocycles. The molecule has 0 saturated carbocycles. The molecule has 0 aliphatic carbocycles. The van der Waals surface area contributed by atoms with Gasteiger partial charge in [0.15, 0.2) is 0 Å². The Morgan fingerprint density at radius 2 is 2.04 bits per heavy atom. The molecular formula is C19H23N3S2. The van der Waals surface area contributed by atoms with E-state index in [-0.39, 0.29) is 0 Å². The fourth-order valence-corrected chi connectivity index (χ4v) is 4.83. The van der Waals surface area contributed by atoms with E-state index in [9.17, 15) is 0 Å². The Morgan fingerprint density at radius 1 is 1.12 bits per heavy atom. The van der Waals surface area contributed by atoms with Crippen LogP contribution in [0, 0.1) is 0 Å². The third kappa shape index (κ3) is 3.63. The molecule has 0 radical (unpaired) electrons. The normalized spacial score (nSPS) is 15.8. The van der Waals surface area contributed by atoms with Crippen molar-refractivity contribution >= 4 is 38.6 Å². The molecule has 0 amide bonds. The molecule has 4 rings (SSSR count). The number of nitrogens with zero attached hydrogens (tertiary/aromatic N) is 2. The van der Waals surface area contributed by atoms with Gasteiger partial charge in [-0.2, -0.15) is 11.3 Å². The number of hydrogen-bond acceptors (Lipinski definition) is 5. The molecule has 1 aliphatic rings. The van der Waals surface area contributed by atoms with Gasteiger partial charge in [-0.3, -0.25) is 0 Å². The first-order chi connectivity index (χ1) is 11.9. The van der Waals surface area contributed by atoms with Crippen LogP contribution in [0.3, 0.4) is 0 Å². The van der Waals surface area contributed by atoms with Gasteiger partial charge in [-0.25, -0.2) is 4.98 Å². The van der Waals surface area contributed by atoms with Gasteiger partial charge >= 0.3 is 0 Å². The number of aromatic nitrogens is 1. The van der Waals surface area contributed by atoms with Crippen molar-refractivity contribution in [2.24, 2.45) is 0 Å². The Hall–Kier alpha value is -1.43. The first kappa shape index (κ1) is 16.1. The number of rotatable bonds is 6. The van der Waals surface area contributed by atoms with Gasteiger partial charge in [0.1, 0.15) is 0 Å². The number of pyridine rings is 1. The maximum Gasteiger partial charge on any atom is 0.0838 e. The van der Waals surface area contributed by atoms with Gasteiger partial charge in [-0.1, -0.05) is 6.42 Å². The zero-order chi connectivity index (χ0) is 16.2. The van der Waals surface area contributed by atoms with Crippen LogP contribution in [0.15, 0.2) is 34.3 Å². The van der Waals surface area contributed by atoms with Crippen molar-refractivity contribution in [1.29, 1.82) is 0 Å². The summed E-state index contributed by atoms with van der Waals surface area (Å²) in [6.45, 7) is 4.80. The number of piperidine rings is 1. The standard InChI is InChI=1S/C19H23N3S2/c1-2-8-22(9-3-1)10-4-7-20-18-13-17(15-5-11-23-14-15)21-16-6-12-24-19(16)18/h5-6,11-14H,1-4,7-10H2,(H,20,21). The molecule has 24 heavy (non-hydrogen) atoms. The van der Waals surface area contributed by atoms with Crippen molar-refractivity contribution in [2.75, 3.05) is 31.5 Å². The van der Waals surface area contributed by atoms with E-state index in [4.69, 9.17) is 4.98 Å². The van der Waals surface area contributed by atoms with Crippen molar-refractivity contribution < 1.29 is 0 Å². The summed E-state index contributed by atoms with van der Waals surface area (Å²) >= 11 is 3.49. The molecule has 5 heteroatoms. The molecule has 3 aromatic rings. The van der Waals surface area contributed by atoms with Crippen LogP contribution in [0.1, 0.15) is 25.7 Å². The van der Waals surface area contributed by atoms with Gasteiger partial charge in [-0.05, 0) is 67.9 Å². The first-order valence-electron chi connectivity index (χ1n) is 8.77. The van der Waals surface area contributed by atoms with E-state index in [1.807, 2.05) is 0 Å². The predicted molar refractivity (Wildman–Crippen MR) is 106 cm³/mol. The summed E-state index contributed by atoms with van der Waals surface area (Å²) in [4.78, 5) is 7.42. The van der Waals surface area contributed by atoms with Crippen molar-refractivity contribution in [3.63, 3.8) is 0 Å². The lowest BCUT2D eigenvalue weighted by atomic mass is 10.1.